The molecule has 1 heterocycles. The molecule has 1 saturated carbocycles. The van der Waals surface area contributed by atoms with Gasteiger partial charge in [0.05, 0.1) is 0 Å². The number of phenols is 2. The highest BCUT2D eigenvalue weighted by molar-refractivity contribution is 5.81. The van der Waals surface area contributed by atoms with Gasteiger partial charge in [0.2, 0.25) is 5.91 Å². The molecule has 0 bridgehead atoms. The molecular weight excluding hydrogens is 310 g/mol. The summed E-state index contributed by atoms with van der Waals surface area (Å²) in [4.78, 5) is 28.0. The maximum absolute atomic E-state index is 12.3. The zero-order chi connectivity index (χ0) is 17.1. The third-order valence-electron chi connectivity index (χ3n) is 4.52. The second-order valence-electron chi connectivity index (χ2n) is 6.41. The van der Waals surface area contributed by atoms with E-state index in [4.69, 9.17) is 0 Å². The lowest BCUT2D eigenvalue weighted by Crippen LogP contribution is -2.42. The zero-order valence-electron chi connectivity index (χ0n) is 13.6. The highest BCUT2D eigenvalue weighted by Crippen LogP contribution is 2.31. The lowest BCUT2D eigenvalue weighted by Gasteiger charge is -2.22. The van der Waals surface area contributed by atoms with Crippen LogP contribution < -0.4 is 5.32 Å². The number of amides is 3. The van der Waals surface area contributed by atoms with Crippen LogP contribution in [0.15, 0.2) is 18.2 Å². The Balaban J connectivity index is 1.50. The van der Waals surface area contributed by atoms with E-state index in [-0.39, 0.29) is 35.9 Å². The Hall–Kier alpha value is -2.44. The molecule has 7 nitrogen and oxygen atoms in total. The quantitative estimate of drug-likeness (QED) is 0.776. The summed E-state index contributed by atoms with van der Waals surface area (Å²) in [7, 11) is 0. The monoisotopic (exact) mass is 333 g/mol. The second-order valence-corrected chi connectivity index (χ2v) is 6.41. The van der Waals surface area contributed by atoms with Crippen LogP contribution in [0, 0.1) is 5.92 Å². The predicted octanol–water partition coefficient (Wildman–Crippen LogP) is 1.25. The molecule has 24 heavy (non-hydrogen) atoms. The summed E-state index contributed by atoms with van der Waals surface area (Å²) < 4.78 is 0. The Kier molecular flexibility index (Phi) is 4.78. The van der Waals surface area contributed by atoms with Crippen molar-refractivity contribution in [3.05, 3.63) is 23.8 Å². The maximum Gasteiger partial charge on any atom is 0.317 e. The average molecular weight is 333 g/mol. The van der Waals surface area contributed by atoms with Crippen molar-refractivity contribution in [1.29, 1.82) is 0 Å². The van der Waals surface area contributed by atoms with E-state index >= 15 is 0 Å². The minimum absolute atomic E-state index is 0.0180. The van der Waals surface area contributed by atoms with E-state index in [0.717, 1.165) is 19.3 Å². The summed E-state index contributed by atoms with van der Waals surface area (Å²) >= 11 is 0. The lowest BCUT2D eigenvalue weighted by molar-refractivity contribution is -0.132. The Bertz CT molecular complexity index is 630. The Morgan fingerprint density at radius 2 is 1.79 bits per heavy atom. The van der Waals surface area contributed by atoms with Gasteiger partial charge in [-0.3, -0.25) is 4.79 Å². The molecule has 0 unspecified atom stereocenters. The summed E-state index contributed by atoms with van der Waals surface area (Å²) in [6.07, 6.45) is 2.77. The van der Waals surface area contributed by atoms with Crippen molar-refractivity contribution >= 4 is 11.9 Å². The number of hydrogen-bond acceptors (Lipinski definition) is 4. The molecule has 1 aromatic carbocycles. The molecule has 1 saturated heterocycles. The fraction of sp³-hybridized carbons (Fsp3) is 0.529. The maximum atomic E-state index is 12.3. The standard InChI is InChI=1S/C17H23N3O4/c21-14-5-4-13(15(22)10-14)11-18-17(24)20-7-1-6-19(8-9-20)16(23)12-2-3-12/h4-5,10,12,21-22H,1-3,6-9,11H2,(H,18,24). The Labute approximate surface area is 140 Å². The van der Waals surface area contributed by atoms with Gasteiger partial charge in [-0.25, -0.2) is 4.79 Å². The smallest absolute Gasteiger partial charge is 0.317 e. The van der Waals surface area contributed by atoms with Crippen molar-refractivity contribution in [3.8, 4) is 11.5 Å². The lowest BCUT2D eigenvalue weighted by atomic mass is 10.2. The van der Waals surface area contributed by atoms with Crippen molar-refractivity contribution < 1.29 is 19.8 Å². The van der Waals surface area contributed by atoms with E-state index in [2.05, 4.69) is 5.32 Å². The van der Waals surface area contributed by atoms with Crippen LogP contribution in [0.25, 0.3) is 0 Å². The molecule has 1 aromatic rings. The first-order valence-corrected chi connectivity index (χ1v) is 8.37. The van der Waals surface area contributed by atoms with Crippen LogP contribution in [-0.2, 0) is 11.3 Å². The van der Waals surface area contributed by atoms with E-state index in [1.54, 1.807) is 11.0 Å². The summed E-state index contributed by atoms with van der Waals surface area (Å²) in [6.45, 7) is 2.60. The van der Waals surface area contributed by atoms with Gasteiger partial charge in [-0.05, 0) is 31.4 Å². The number of nitrogens with zero attached hydrogens (tertiary/aromatic N) is 2. The third kappa shape index (κ3) is 3.90. The number of urea groups is 1. The summed E-state index contributed by atoms with van der Waals surface area (Å²) in [6, 6.07) is 4.08. The molecule has 0 spiro atoms. The molecule has 0 radical (unpaired) electrons. The van der Waals surface area contributed by atoms with Crippen LogP contribution in [0.4, 0.5) is 4.79 Å². The van der Waals surface area contributed by atoms with Gasteiger partial charge in [0, 0.05) is 50.3 Å². The van der Waals surface area contributed by atoms with Crippen molar-refractivity contribution in [1.82, 2.24) is 15.1 Å². The molecule has 130 valence electrons. The van der Waals surface area contributed by atoms with Crippen molar-refractivity contribution in [3.63, 3.8) is 0 Å². The highest BCUT2D eigenvalue weighted by atomic mass is 16.3. The van der Waals surface area contributed by atoms with Gasteiger partial charge in [0.1, 0.15) is 11.5 Å². The number of benzene rings is 1. The molecule has 3 rings (SSSR count). The fourth-order valence-electron chi connectivity index (χ4n) is 2.91. The van der Waals surface area contributed by atoms with Gasteiger partial charge >= 0.3 is 6.03 Å². The van der Waals surface area contributed by atoms with Gasteiger partial charge in [-0.2, -0.15) is 0 Å². The van der Waals surface area contributed by atoms with Crippen LogP contribution in [0.1, 0.15) is 24.8 Å². The average Bonchev–Trinajstić information content (AvgIpc) is 3.39. The summed E-state index contributed by atoms with van der Waals surface area (Å²) in [5.74, 6) is 0.372. The Morgan fingerprint density at radius 3 is 2.50 bits per heavy atom. The zero-order valence-corrected chi connectivity index (χ0v) is 13.6. The van der Waals surface area contributed by atoms with Crippen LogP contribution in [0.2, 0.25) is 0 Å². The number of aromatic hydroxyl groups is 2. The van der Waals surface area contributed by atoms with Crippen LogP contribution >= 0.6 is 0 Å². The number of nitrogens with one attached hydrogen (secondary N) is 1. The molecule has 1 aliphatic carbocycles. The van der Waals surface area contributed by atoms with Crippen molar-refractivity contribution in [2.24, 2.45) is 5.92 Å². The molecular formula is C17H23N3O4. The number of rotatable bonds is 3. The minimum Gasteiger partial charge on any atom is -0.508 e. The molecule has 0 aromatic heterocycles. The highest BCUT2D eigenvalue weighted by Gasteiger charge is 2.34. The SMILES string of the molecule is O=C(NCc1ccc(O)cc1O)N1CCCN(C(=O)C2CC2)CC1. The summed E-state index contributed by atoms with van der Waals surface area (Å²) in [5.41, 5.74) is 0.543. The van der Waals surface area contributed by atoms with Gasteiger partial charge in [0.25, 0.3) is 0 Å². The Morgan fingerprint density at radius 1 is 1.08 bits per heavy atom. The topological polar surface area (TPSA) is 93.1 Å². The molecule has 0 atom stereocenters. The third-order valence-corrected chi connectivity index (χ3v) is 4.52. The summed E-state index contributed by atoms with van der Waals surface area (Å²) in [5, 5.41) is 21.8. The normalized spacial score (nSPS) is 18.2. The van der Waals surface area contributed by atoms with Crippen molar-refractivity contribution in [2.45, 2.75) is 25.8 Å². The van der Waals surface area contributed by atoms with Crippen molar-refractivity contribution in [2.75, 3.05) is 26.2 Å². The fourth-order valence-corrected chi connectivity index (χ4v) is 2.91. The van der Waals surface area contributed by atoms with Crippen LogP contribution in [0.3, 0.4) is 0 Å². The molecule has 7 heteroatoms. The van der Waals surface area contributed by atoms with E-state index in [1.807, 2.05) is 4.90 Å². The number of phenolic OH excluding ortho intramolecular Hbond substituents is 2. The van der Waals surface area contributed by atoms with Crippen LogP contribution in [-0.4, -0.2) is 58.1 Å². The van der Waals surface area contributed by atoms with Crippen LogP contribution in [0.5, 0.6) is 11.5 Å². The molecule has 3 amide bonds. The first kappa shape index (κ1) is 16.4. The van der Waals surface area contributed by atoms with Gasteiger partial charge in [0.15, 0.2) is 0 Å². The molecule has 3 N–H and O–H groups in total. The van der Waals surface area contributed by atoms with Gasteiger partial charge in [-0.1, -0.05) is 0 Å². The van der Waals surface area contributed by atoms with E-state index in [9.17, 15) is 19.8 Å². The van der Waals surface area contributed by atoms with E-state index < -0.39 is 0 Å². The van der Waals surface area contributed by atoms with Gasteiger partial charge < -0.3 is 25.3 Å². The molecule has 1 aliphatic heterocycles. The number of carbonyl (C=O) groups is 2. The first-order chi connectivity index (χ1) is 11.5. The largest absolute Gasteiger partial charge is 0.508 e. The van der Waals surface area contributed by atoms with E-state index in [1.165, 1.54) is 12.1 Å². The minimum atomic E-state index is -0.205. The number of hydrogen-bond donors (Lipinski definition) is 3. The van der Waals surface area contributed by atoms with E-state index in [0.29, 0.717) is 31.7 Å². The van der Waals surface area contributed by atoms with Gasteiger partial charge in [-0.15, -0.1) is 0 Å². The molecule has 2 aliphatic rings. The second kappa shape index (κ2) is 6.98. The first-order valence-electron chi connectivity index (χ1n) is 8.37. The number of carbonyl (C=O) groups excluding carboxylic acids is 2. The molecule has 2 fully saturated rings. The predicted molar refractivity (Wildman–Crippen MR) is 87.5 cm³/mol.